The average Bonchev–Trinajstić information content (AvgIpc) is 2.63. The third-order valence-corrected chi connectivity index (χ3v) is 3.86. The monoisotopic (exact) mass is 275 g/mol. The van der Waals surface area contributed by atoms with E-state index < -0.39 is 0 Å². The fourth-order valence-corrected chi connectivity index (χ4v) is 2.83. The lowest BCUT2D eigenvalue weighted by atomic mass is 9.91. The van der Waals surface area contributed by atoms with Gasteiger partial charge in [0.1, 0.15) is 0 Å². The van der Waals surface area contributed by atoms with Crippen molar-refractivity contribution in [3.63, 3.8) is 0 Å². The number of amidine groups is 1. The molecule has 2 unspecified atom stereocenters. The largest absolute Gasteiger partial charge is 0.387 e. The summed E-state index contributed by atoms with van der Waals surface area (Å²) in [7, 11) is 0. The lowest BCUT2D eigenvalue weighted by molar-refractivity contribution is -0.385. The molecular formula is C15H21N3O2. The zero-order valence-electron chi connectivity index (χ0n) is 11.8. The molecule has 0 aliphatic carbocycles. The van der Waals surface area contributed by atoms with E-state index >= 15 is 0 Å². The first-order chi connectivity index (χ1) is 9.58. The Balaban J connectivity index is 2.13. The Morgan fingerprint density at radius 1 is 1.45 bits per heavy atom. The molecule has 0 saturated heterocycles. The minimum Gasteiger partial charge on any atom is -0.387 e. The number of nitro benzene ring substituents is 1. The van der Waals surface area contributed by atoms with E-state index in [4.69, 9.17) is 5.73 Å². The molecule has 0 bridgehead atoms. The number of nitrogens with two attached hydrogens (primary N) is 1. The van der Waals surface area contributed by atoms with Gasteiger partial charge in [0.05, 0.1) is 16.8 Å². The molecule has 1 aliphatic rings. The van der Waals surface area contributed by atoms with Crippen molar-refractivity contribution in [2.24, 2.45) is 10.7 Å². The Morgan fingerprint density at radius 2 is 2.20 bits per heavy atom. The highest BCUT2D eigenvalue weighted by molar-refractivity contribution is 5.80. The molecule has 2 atom stereocenters. The third kappa shape index (κ3) is 3.56. The minimum absolute atomic E-state index is 0.108. The maximum absolute atomic E-state index is 11.1. The molecule has 1 aliphatic heterocycles. The predicted molar refractivity (Wildman–Crippen MR) is 80.0 cm³/mol. The Labute approximate surface area is 119 Å². The Hall–Kier alpha value is -1.91. The van der Waals surface area contributed by atoms with Crippen molar-refractivity contribution in [1.82, 2.24) is 0 Å². The molecule has 2 rings (SSSR count). The summed E-state index contributed by atoms with van der Waals surface area (Å²) < 4.78 is 0. The number of aliphatic imine (C=N–C) groups is 1. The minimum atomic E-state index is -0.309. The van der Waals surface area contributed by atoms with Crippen LogP contribution >= 0.6 is 0 Å². The Bertz CT molecular complexity index is 514. The summed E-state index contributed by atoms with van der Waals surface area (Å²) in [5.41, 5.74) is 6.85. The van der Waals surface area contributed by atoms with Crippen LogP contribution in [-0.2, 0) is 0 Å². The van der Waals surface area contributed by atoms with Crippen molar-refractivity contribution in [2.75, 3.05) is 0 Å². The van der Waals surface area contributed by atoms with Crippen LogP contribution < -0.4 is 5.73 Å². The maximum Gasteiger partial charge on any atom is 0.272 e. The van der Waals surface area contributed by atoms with Crippen molar-refractivity contribution in [1.29, 1.82) is 0 Å². The molecule has 5 nitrogen and oxygen atoms in total. The van der Waals surface area contributed by atoms with Gasteiger partial charge in [0.25, 0.3) is 5.69 Å². The lowest BCUT2D eigenvalue weighted by Gasteiger charge is -2.17. The van der Waals surface area contributed by atoms with Gasteiger partial charge in [-0.05, 0) is 25.2 Å². The first-order valence-corrected chi connectivity index (χ1v) is 7.13. The fourth-order valence-electron chi connectivity index (χ4n) is 2.83. The Kier molecular flexibility index (Phi) is 4.71. The summed E-state index contributed by atoms with van der Waals surface area (Å²) in [5, 5.41) is 11.1. The zero-order chi connectivity index (χ0) is 14.5. The topological polar surface area (TPSA) is 81.5 Å². The summed E-state index contributed by atoms with van der Waals surface area (Å²) >= 11 is 0. The van der Waals surface area contributed by atoms with E-state index in [1.165, 1.54) is 0 Å². The highest BCUT2D eigenvalue weighted by atomic mass is 16.6. The smallest absolute Gasteiger partial charge is 0.272 e. The van der Waals surface area contributed by atoms with Crippen molar-refractivity contribution < 1.29 is 4.92 Å². The van der Waals surface area contributed by atoms with Gasteiger partial charge in [-0.3, -0.25) is 15.1 Å². The predicted octanol–water partition coefficient (Wildman–Crippen LogP) is 3.39. The number of para-hydroxylation sites is 1. The van der Waals surface area contributed by atoms with Crippen molar-refractivity contribution in [3.05, 3.63) is 39.9 Å². The van der Waals surface area contributed by atoms with Crippen LogP contribution in [0.4, 0.5) is 5.69 Å². The van der Waals surface area contributed by atoms with E-state index in [1.807, 2.05) is 19.1 Å². The molecule has 108 valence electrons. The second-order valence-electron chi connectivity index (χ2n) is 5.47. The van der Waals surface area contributed by atoms with E-state index in [0.29, 0.717) is 0 Å². The normalized spacial score (nSPS) is 20.9. The highest BCUT2D eigenvalue weighted by Gasteiger charge is 2.22. The number of nitrogens with zero attached hydrogens (tertiary/aromatic N) is 2. The molecule has 20 heavy (non-hydrogen) atoms. The third-order valence-electron chi connectivity index (χ3n) is 3.86. The molecule has 0 saturated carbocycles. The van der Waals surface area contributed by atoms with Crippen LogP contribution in [0.15, 0.2) is 29.3 Å². The van der Waals surface area contributed by atoms with Gasteiger partial charge in [-0.15, -0.1) is 0 Å². The van der Waals surface area contributed by atoms with Crippen LogP contribution in [0.2, 0.25) is 0 Å². The molecule has 1 aromatic rings. The maximum atomic E-state index is 11.1. The van der Waals surface area contributed by atoms with Crippen molar-refractivity contribution in [2.45, 2.75) is 51.0 Å². The lowest BCUT2D eigenvalue weighted by Crippen LogP contribution is -2.15. The molecule has 2 N–H and O–H groups in total. The standard InChI is InChI=1S/C15H21N3O2/c1-11(10-12-6-2-5-9-15(16)17-12)13-7-3-4-8-14(13)18(19)20/h3-4,7-8,11-12H,2,5-6,9-10H2,1H3,(H2,16,17). The number of rotatable bonds is 4. The van der Waals surface area contributed by atoms with E-state index in [9.17, 15) is 10.1 Å². The molecule has 0 amide bonds. The van der Waals surface area contributed by atoms with Gasteiger partial charge in [-0.2, -0.15) is 0 Å². The Morgan fingerprint density at radius 3 is 2.95 bits per heavy atom. The van der Waals surface area contributed by atoms with E-state index in [2.05, 4.69) is 4.99 Å². The highest BCUT2D eigenvalue weighted by Crippen LogP contribution is 2.31. The van der Waals surface area contributed by atoms with Crippen LogP contribution in [0.25, 0.3) is 0 Å². The van der Waals surface area contributed by atoms with Gasteiger partial charge < -0.3 is 5.73 Å². The van der Waals surface area contributed by atoms with Crippen LogP contribution in [0.5, 0.6) is 0 Å². The van der Waals surface area contributed by atoms with Crippen LogP contribution in [0, 0.1) is 10.1 Å². The second-order valence-corrected chi connectivity index (χ2v) is 5.47. The number of benzene rings is 1. The van der Waals surface area contributed by atoms with Crippen LogP contribution in [-0.4, -0.2) is 16.8 Å². The van der Waals surface area contributed by atoms with Gasteiger partial charge in [-0.25, -0.2) is 0 Å². The van der Waals surface area contributed by atoms with Gasteiger partial charge in [0.15, 0.2) is 0 Å². The summed E-state index contributed by atoms with van der Waals surface area (Å²) in [6.45, 7) is 2.03. The van der Waals surface area contributed by atoms with Gasteiger partial charge in [0, 0.05) is 18.1 Å². The molecule has 0 aromatic heterocycles. The molecular weight excluding hydrogens is 254 g/mol. The molecule has 1 aromatic carbocycles. The van der Waals surface area contributed by atoms with Gasteiger partial charge >= 0.3 is 0 Å². The van der Waals surface area contributed by atoms with Crippen LogP contribution in [0.3, 0.4) is 0 Å². The zero-order valence-corrected chi connectivity index (χ0v) is 11.8. The second kappa shape index (κ2) is 6.50. The van der Waals surface area contributed by atoms with Crippen molar-refractivity contribution >= 4 is 11.5 Å². The molecule has 0 spiro atoms. The molecule has 1 heterocycles. The summed E-state index contributed by atoms with van der Waals surface area (Å²) in [6.07, 6.45) is 4.91. The number of hydrogen-bond acceptors (Lipinski definition) is 4. The fraction of sp³-hybridized carbons (Fsp3) is 0.533. The van der Waals surface area contributed by atoms with Crippen LogP contribution in [0.1, 0.15) is 50.5 Å². The van der Waals surface area contributed by atoms with E-state index in [0.717, 1.165) is 43.5 Å². The van der Waals surface area contributed by atoms with Gasteiger partial charge in [-0.1, -0.05) is 31.5 Å². The SMILES string of the molecule is CC(CC1CCCCC(N)=N1)c1ccccc1[N+](=O)[O-]. The number of nitro groups is 1. The molecule has 0 fully saturated rings. The summed E-state index contributed by atoms with van der Waals surface area (Å²) in [5.74, 6) is 0.832. The van der Waals surface area contributed by atoms with E-state index in [-0.39, 0.29) is 22.6 Å². The van der Waals surface area contributed by atoms with E-state index in [1.54, 1.807) is 12.1 Å². The van der Waals surface area contributed by atoms with Crippen molar-refractivity contribution in [3.8, 4) is 0 Å². The average molecular weight is 275 g/mol. The number of hydrogen-bond donors (Lipinski definition) is 1. The molecule has 0 radical (unpaired) electrons. The first kappa shape index (κ1) is 14.5. The summed E-state index contributed by atoms with van der Waals surface area (Å²) in [4.78, 5) is 15.3. The first-order valence-electron chi connectivity index (χ1n) is 7.13. The quantitative estimate of drug-likeness (QED) is 0.675. The summed E-state index contributed by atoms with van der Waals surface area (Å²) in [6, 6.07) is 7.15. The molecule has 5 heteroatoms. The van der Waals surface area contributed by atoms with Gasteiger partial charge in [0.2, 0.25) is 0 Å².